The summed E-state index contributed by atoms with van der Waals surface area (Å²) in [5.74, 6) is 0. The predicted octanol–water partition coefficient (Wildman–Crippen LogP) is 1.47. The third-order valence-corrected chi connectivity index (χ3v) is 6.63. The number of β-amino-alcohol motifs (C(OH)–C–C–N with tert-alkyl or cyclic N) is 1. The normalized spacial score (nSPS) is 32.6. The van der Waals surface area contributed by atoms with Gasteiger partial charge in [0.2, 0.25) is 0 Å². The molecular weight excluding hydrogens is 326 g/mol. The fraction of sp³-hybridized carbons (Fsp3) is 0.714. The quantitative estimate of drug-likeness (QED) is 0.856. The van der Waals surface area contributed by atoms with Crippen molar-refractivity contribution in [2.24, 2.45) is 0 Å². The van der Waals surface area contributed by atoms with Gasteiger partial charge in [0.15, 0.2) is 0 Å². The Balaban J connectivity index is 1.35. The van der Waals surface area contributed by atoms with Crippen LogP contribution in [0.1, 0.15) is 31.7 Å². The minimum Gasteiger partial charge on any atom is -0.392 e. The highest BCUT2D eigenvalue weighted by atomic mass is 16.3. The van der Waals surface area contributed by atoms with Crippen LogP contribution >= 0.6 is 0 Å². The molecule has 3 heterocycles. The molecule has 3 saturated heterocycles. The maximum absolute atomic E-state index is 11.2. The highest BCUT2D eigenvalue weighted by Gasteiger charge is 2.41. The van der Waals surface area contributed by atoms with Crippen LogP contribution in [0, 0.1) is 6.92 Å². The van der Waals surface area contributed by atoms with E-state index in [-0.39, 0.29) is 6.10 Å². The van der Waals surface area contributed by atoms with Gasteiger partial charge in [0, 0.05) is 57.0 Å². The van der Waals surface area contributed by atoms with Gasteiger partial charge in [0.1, 0.15) is 0 Å². The number of aliphatic hydroxyl groups excluding tert-OH is 1. The summed E-state index contributed by atoms with van der Waals surface area (Å²) in [6, 6.07) is 9.54. The second kappa shape index (κ2) is 7.12. The average Bonchev–Trinajstić information content (AvgIpc) is 2.94. The third kappa shape index (κ3) is 3.77. The average molecular weight is 360 g/mol. The minimum absolute atomic E-state index is 0.173. The van der Waals surface area contributed by atoms with Gasteiger partial charge in [-0.05, 0) is 50.8 Å². The van der Waals surface area contributed by atoms with E-state index in [4.69, 9.17) is 0 Å². The van der Waals surface area contributed by atoms with E-state index in [1.807, 2.05) is 0 Å². The zero-order valence-corrected chi connectivity index (χ0v) is 16.1. The summed E-state index contributed by atoms with van der Waals surface area (Å²) in [6.45, 7) is 9.77. The molecule has 0 amide bonds. The standard InChI is InChI=1S/C21H33N3O2/c1-16-4-3-5-18(10-16)22-8-6-21(26,7-9-22)15-24-13-19-11-20(25)14-23(19)12-17(24)2/h3-5,10,17,19-20,25-26H,6-9,11-15H2,1-2H3/t17-,19?,20+/m0/s1. The molecule has 26 heavy (non-hydrogen) atoms. The van der Waals surface area contributed by atoms with Crippen molar-refractivity contribution in [3.63, 3.8) is 0 Å². The van der Waals surface area contributed by atoms with Crippen LogP contribution in [0.2, 0.25) is 0 Å². The number of hydrogen-bond acceptors (Lipinski definition) is 5. The molecule has 0 aromatic heterocycles. The number of anilines is 1. The number of piperazine rings is 1. The molecule has 0 aliphatic carbocycles. The fourth-order valence-electron chi connectivity index (χ4n) is 5.04. The Kier molecular flexibility index (Phi) is 4.99. The zero-order valence-electron chi connectivity index (χ0n) is 16.1. The first-order valence-corrected chi connectivity index (χ1v) is 10.1. The first kappa shape index (κ1) is 18.2. The Morgan fingerprint density at radius 3 is 2.65 bits per heavy atom. The van der Waals surface area contributed by atoms with Crippen molar-refractivity contribution in [1.29, 1.82) is 0 Å². The lowest BCUT2D eigenvalue weighted by Crippen LogP contribution is -2.60. The van der Waals surface area contributed by atoms with Crippen LogP contribution in [0.4, 0.5) is 5.69 Å². The first-order chi connectivity index (χ1) is 12.4. The molecule has 0 bridgehead atoms. The fourth-order valence-corrected chi connectivity index (χ4v) is 5.04. The number of piperidine rings is 1. The maximum atomic E-state index is 11.2. The number of fused-ring (bicyclic) bond motifs is 1. The number of nitrogens with zero attached hydrogens (tertiary/aromatic N) is 3. The Morgan fingerprint density at radius 2 is 1.92 bits per heavy atom. The molecule has 1 unspecified atom stereocenters. The van der Waals surface area contributed by atoms with Gasteiger partial charge in [-0.15, -0.1) is 0 Å². The van der Waals surface area contributed by atoms with Crippen LogP contribution < -0.4 is 4.90 Å². The van der Waals surface area contributed by atoms with E-state index in [1.165, 1.54) is 11.3 Å². The van der Waals surface area contributed by atoms with Crippen molar-refractivity contribution >= 4 is 5.69 Å². The van der Waals surface area contributed by atoms with Gasteiger partial charge in [-0.2, -0.15) is 0 Å². The topological polar surface area (TPSA) is 50.2 Å². The Bertz CT molecular complexity index is 629. The van der Waals surface area contributed by atoms with E-state index in [0.29, 0.717) is 12.1 Å². The van der Waals surface area contributed by atoms with Crippen molar-refractivity contribution in [3.8, 4) is 0 Å². The van der Waals surface area contributed by atoms with Crippen LogP contribution in [0.15, 0.2) is 24.3 Å². The van der Waals surface area contributed by atoms with E-state index < -0.39 is 5.60 Å². The van der Waals surface area contributed by atoms with Crippen LogP contribution in [-0.2, 0) is 0 Å². The van der Waals surface area contributed by atoms with Gasteiger partial charge in [0.25, 0.3) is 0 Å². The number of benzene rings is 1. The summed E-state index contributed by atoms with van der Waals surface area (Å²) < 4.78 is 0. The Hall–Kier alpha value is -1.14. The molecule has 0 spiro atoms. The molecule has 0 saturated carbocycles. The lowest BCUT2D eigenvalue weighted by Gasteiger charge is -2.47. The first-order valence-electron chi connectivity index (χ1n) is 10.1. The van der Waals surface area contributed by atoms with Crippen LogP contribution in [0.3, 0.4) is 0 Å². The summed E-state index contributed by atoms with van der Waals surface area (Å²) in [4.78, 5) is 7.29. The second-order valence-corrected chi connectivity index (χ2v) is 8.83. The number of aryl methyl sites for hydroxylation is 1. The number of aliphatic hydroxyl groups is 2. The highest BCUT2D eigenvalue weighted by molar-refractivity contribution is 5.48. The van der Waals surface area contributed by atoms with Crippen LogP contribution in [0.25, 0.3) is 0 Å². The van der Waals surface area contributed by atoms with Gasteiger partial charge < -0.3 is 15.1 Å². The molecule has 3 aliphatic rings. The van der Waals surface area contributed by atoms with E-state index in [9.17, 15) is 10.2 Å². The lowest BCUT2D eigenvalue weighted by atomic mass is 9.89. The molecule has 3 fully saturated rings. The van der Waals surface area contributed by atoms with Crippen LogP contribution in [0.5, 0.6) is 0 Å². The molecule has 1 aromatic rings. The molecule has 144 valence electrons. The molecule has 3 atom stereocenters. The molecule has 3 aliphatic heterocycles. The molecular formula is C21H33N3O2. The summed E-state index contributed by atoms with van der Waals surface area (Å²) in [7, 11) is 0. The molecule has 1 aromatic carbocycles. The number of hydrogen-bond donors (Lipinski definition) is 2. The summed E-state index contributed by atoms with van der Waals surface area (Å²) >= 11 is 0. The Morgan fingerprint density at radius 1 is 1.15 bits per heavy atom. The monoisotopic (exact) mass is 359 g/mol. The zero-order chi connectivity index (χ0) is 18.3. The highest BCUT2D eigenvalue weighted by Crippen LogP contribution is 2.31. The van der Waals surface area contributed by atoms with Crippen molar-refractivity contribution in [2.45, 2.75) is 56.9 Å². The smallest absolute Gasteiger partial charge is 0.0807 e. The van der Waals surface area contributed by atoms with E-state index in [2.05, 4.69) is 52.8 Å². The largest absolute Gasteiger partial charge is 0.392 e. The molecule has 2 N–H and O–H groups in total. The van der Waals surface area contributed by atoms with Crippen molar-refractivity contribution < 1.29 is 10.2 Å². The van der Waals surface area contributed by atoms with Crippen molar-refractivity contribution in [3.05, 3.63) is 29.8 Å². The lowest BCUT2D eigenvalue weighted by molar-refractivity contribution is -0.0472. The second-order valence-electron chi connectivity index (χ2n) is 8.83. The van der Waals surface area contributed by atoms with E-state index in [1.54, 1.807) is 0 Å². The van der Waals surface area contributed by atoms with Crippen molar-refractivity contribution in [2.75, 3.05) is 44.2 Å². The SMILES string of the molecule is Cc1cccc(N2CCC(O)(CN3CC4C[C@@H](O)CN4C[C@@H]3C)CC2)c1. The van der Waals surface area contributed by atoms with Gasteiger partial charge in [-0.3, -0.25) is 9.80 Å². The van der Waals surface area contributed by atoms with Gasteiger partial charge in [0.05, 0.1) is 11.7 Å². The summed E-state index contributed by atoms with van der Waals surface area (Å²) in [6.07, 6.45) is 2.35. The van der Waals surface area contributed by atoms with E-state index >= 15 is 0 Å². The summed E-state index contributed by atoms with van der Waals surface area (Å²) in [5.41, 5.74) is 1.97. The number of rotatable bonds is 3. The van der Waals surface area contributed by atoms with Crippen molar-refractivity contribution in [1.82, 2.24) is 9.80 Å². The van der Waals surface area contributed by atoms with Gasteiger partial charge in [-0.25, -0.2) is 0 Å². The molecule has 0 radical (unpaired) electrons. The van der Waals surface area contributed by atoms with Gasteiger partial charge in [-0.1, -0.05) is 12.1 Å². The molecule has 5 nitrogen and oxygen atoms in total. The minimum atomic E-state index is -0.589. The predicted molar refractivity (Wildman–Crippen MR) is 105 cm³/mol. The van der Waals surface area contributed by atoms with Crippen LogP contribution in [-0.4, -0.2) is 83.1 Å². The van der Waals surface area contributed by atoms with Gasteiger partial charge >= 0.3 is 0 Å². The molecule has 5 heteroatoms. The molecule has 4 rings (SSSR count). The maximum Gasteiger partial charge on any atom is 0.0807 e. The summed E-state index contributed by atoms with van der Waals surface area (Å²) in [5, 5.41) is 21.2. The van der Waals surface area contributed by atoms with E-state index in [0.717, 1.165) is 58.5 Å². The Labute approximate surface area is 157 Å². The third-order valence-electron chi connectivity index (χ3n) is 6.63.